The van der Waals surface area contributed by atoms with Crippen LogP contribution in [0.25, 0.3) is 0 Å². The number of ether oxygens (including phenoxy) is 1. The number of rotatable bonds is 3. The Morgan fingerprint density at radius 3 is 2.47 bits per heavy atom. The highest BCUT2D eigenvalue weighted by Crippen LogP contribution is 2.19. The fourth-order valence-corrected chi connectivity index (χ4v) is 1.20. The lowest BCUT2D eigenvalue weighted by Gasteiger charge is -2.09. The van der Waals surface area contributed by atoms with Gasteiger partial charge in [0.05, 0.1) is 13.2 Å². The van der Waals surface area contributed by atoms with Crippen molar-refractivity contribution in [3.63, 3.8) is 0 Å². The lowest BCUT2D eigenvalue weighted by atomic mass is 10.1. The van der Waals surface area contributed by atoms with E-state index < -0.39 is 0 Å². The number of benzene rings is 1. The maximum absolute atomic E-state index is 5.46. The number of aliphatic imine (C=N–C) groups is 1. The number of hydrogen-bond acceptors (Lipinski definition) is 3. The lowest BCUT2D eigenvalue weighted by molar-refractivity contribution is 0.414. The molecule has 0 heterocycles. The summed E-state index contributed by atoms with van der Waals surface area (Å²) in [6.45, 7) is 1.94. The summed E-state index contributed by atoms with van der Waals surface area (Å²) in [4.78, 5) is 4.14. The summed E-state index contributed by atoms with van der Waals surface area (Å²) in [7, 11) is 1.63. The Hall–Kier alpha value is -1.75. The molecular formula is C10H16N4O. The summed E-state index contributed by atoms with van der Waals surface area (Å²) in [6.07, 6.45) is 0. The average Bonchev–Trinajstić information content (AvgIpc) is 2.29. The highest BCUT2D eigenvalue weighted by molar-refractivity contribution is 5.77. The zero-order valence-electron chi connectivity index (χ0n) is 8.90. The maximum atomic E-state index is 5.46. The van der Waals surface area contributed by atoms with E-state index in [-0.39, 0.29) is 12.0 Å². The number of guanidine groups is 1. The molecule has 5 N–H and O–H groups in total. The molecule has 0 aliphatic carbocycles. The summed E-state index contributed by atoms with van der Waals surface area (Å²) in [5.74, 6) is 6.16. The molecule has 0 spiro atoms. The van der Waals surface area contributed by atoms with Gasteiger partial charge in [0.15, 0.2) is 0 Å². The fraction of sp³-hybridized carbons (Fsp3) is 0.300. The van der Waals surface area contributed by atoms with Gasteiger partial charge in [0, 0.05) is 0 Å². The molecule has 1 aromatic rings. The van der Waals surface area contributed by atoms with E-state index in [0.29, 0.717) is 0 Å². The molecule has 1 rings (SSSR count). The van der Waals surface area contributed by atoms with Gasteiger partial charge in [0.2, 0.25) is 5.96 Å². The number of nitrogens with zero attached hydrogens (tertiary/aromatic N) is 1. The second-order valence-electron chi connectivity index (χ2n) is 3.11. The van der Waals surface area contributed by atoms with Gasteiger partial charge in [-0.1, -0.05) is 12.1 Å². The molecule has 1 atom stereocenters. The third-order valence-electron chi connectivity index (χ3n) is 2.08. The van der Waals surface area contributed by atoms with Crippen LogP contribution in [0.4, 0.5) is 0 Å². The monoisotopic (exact) mass is 208 g/mol. The molecule has 0 bridgehead atoms. The Kier molecular flexibility index (Phi) is 3.93. The van der Waals surface area contributed by atoms with Gasteiger partial charge in [-0.25, -0.2) is 10.8 Å². The van der Waals surface area contributed by atoms with Crippen molar-refractivity contribution in [1.82, 2.24) is 5.43 Å². The first kappa shape index (κ1) is 11.3. The van der Waals surface area contributed by atoms with Crippen LogP contribution >= 0.6 is 0 Å². The first-order valence-corrected chi connectivity index (χ1v) is 4.61. The zero-order valence-corrected chi connectivity index (χ0v) is 8.90. The molecule has 1 unspecified atom stereocenters. The van der Waals surface area contributed by atoms with Gasteiger partial charge in [0.25, 0.3) is 0 Å². The van der Waals surface area contributed by atoms with E-state index in [4.69, 9.17) is 16.3 Å². The van der Waals surface area contributed by atoms with Crippen molar-refractivity contribution in [3.05, 3.63) is 29.8 Å². The standard InChI is InChI=1S/C10H16N4O/c1-7(13-10(11)14-12)8-3-5-9(15-2)6-4-8/h3-7H,12H2,1-2H3,(H3,11,13,14). The molecule has 0 aliphatic rings. The first-order chi connectivity index (χ1) is 7.17. The molecule has 5 nitrogen and oxygen atoms in total. The molecule has 1 aromatic carbocycles. The summed E-state index contributed by atoms with van der Waals surface area (Å²) >= 11 is 0. The number of nitrogens with one attached hydrogen (secondary N) is 1. The molecule has 0 aliphatic heterocycles. The topological polar surface area (TPSA) is 85.7 Å². The summed E-state index contributed by atoms with van der Waals surface area (Å²) < 4.78 is 5.06. The van der Waals surface area contributed by atoms with E-state index in [1.54, 1.807) is 7.11 Å². The Labute approximate surface area is 89.1 Å². The zero-order chi connectivity index (χ0) is 11.3. The predicted octanol–water partition coefficient (Wildman–Crippen LogP) is 0.534. The largest absolute Gasteiger partial charge is 0.497 e. The SMILES string of the molecule is COc1ccc(C(C)N=C(N)NN)cc1. The molecule has 0 saturated heterocycles. The second kappa shape index (κ2) is 5.21. The third-order valence-corrected chi connectivity index (χ3v) is 2.08. The Morgan fingerprint density at radius 2 is 2.00 bits per heavy atom. The minimum Gasteiger partial charge on any atom is -0.497 e. The molecule has 0 aromatic heterocycles. The highest BCUT2D eigenvalue weighted by atomic mass is 16.5. The number of nitrogens with two attached hydrogens (primary N) is 2. The van der Waals surface area contributed by atoms with Gasteiger partial charge in [-0.05, 0) is 24.6 Å². The molecule has 15 heavy (non-hydrogen) atoms. The third kappa shape index (κ3) is 3.14. The smallest absolute Gasteiger partial charge is 0.203 e. The molecular weight excluding hydrogens is 192 g/mol. The van der Waals surface area contributed by atoms with E-state index >= 15 is 0 Å². The van der Waals surface area contributed by atoms with Crippen LogP contribution in [0.15, 0.2) is 29.3 Å². The summed E-state index contributed by atoms with van der Waals surface area (Å²) in [6, 6.07) is 7.61. The van der Waals surface area contributed by atoms with Gasteiger partial charge in [-0.2, -0.15) is 0 Å². The number of hydrazine groups is 1. The minimum atomic E-state index is -0.0352. The fourth-order valence-electron chi connectivity index (χ4n) is 1.20. The molecule has 5 heteroatoms. The van der Waals surface area contributed by atoms with E-state index in [1.807, 2.05) is 31.2 Å². The van der Waals surface area contributed by atoms with Gasteiger partial charge in [-0.3, -0.25) is 5.43 Å². The Morgan fingerprint density at radius 1 is 1.40 bits per heavy atom. The Bertz CT molecular complexity index is 334. The van der Waals surface area contributed by atoms with Crippen LogP contribution in [-0.2, 0) is 0 Å². The molecule has 0 fully saturated rings. The van der Waals surface area contributed by atoms with Crippen molar-refractivity contribution in [2.75, 3.05) is 7.11 Å². The highest BCUT2D eigenvalue weighted by Gasteiger charge is 2.03. The van der Waals surface area contributed by atoms with E-state index in [1.165, 1.54) is 0 Å². The van der Waals surface area contributed by atoms with Crippen LogP contribution < -0.4 is 21.7 Å². The molecule has 82 valence electrons. The van der Waals surface area contributed by atoms with Crippen LogP contribution in [0, 0.1) is 0 Å². The van der Waals surface area contributed by atoms with Gasteiger partial charge < -0.3 is 10.5 Å². The van der Waals surface area contributed by atoms with Crippen LogP contribution in [-0.4, -0.2) is 13.1 Å². The van der Waals surface area contributed by atoms with Crippen molar-refractivity contribution < 1.29 is 4.74 Å². The van der Waals surface area contributed by atoms with Crippen molar-refractivity contribution in [1.29, 1.82) is 0 Å². The normalized spacial score (nSPS) is 13.4. The van der Waals surface area contributed by atoms with Crippen molar-refractivity contribution >= 4 is 5.96 Å². The maximum Gasteiger partial charge on any atom is 0.203 e. The van der Waals surface area contributed by atoms with Crippen molar-refractivity contribution in [3.8, 4) is 5.75 Å². The van der Waals surface area contributed by atoms with Crippen LogP contribution in [0.3, 0.4) is 0 Å². The van der Waals surface area contributed by atoms with Crippen LogP contribution in [0.5, 0.6) is 5.75 Å². The van der Waals surface area contributed by atoms with Crippen molar-refractivity contribution in [2.24, 2.45) is 16.6 Å². The van der Waals surface area contributed by atoms with E-state index in [9.17, 15) is 0 Å². The molecule has 0 amide bonds. The van der Waals surface area contributed by atoms with Crippen LogP contribution in [0.1, 0.15) is 18.5 Å². The van der Waals surface area contributed by atoms with Gasteiger partial charge in [0.1, 0.15) is 5.75 Å². The molecule has 0 radical (unpaired) electrons. The van der Waals surface area contributed by atoms with Crippen molar-refractivity contribution in [2.45, 2.75) is 13.0 Å². The van der Waals surface area contributed by atoms with Crippen LogP contribution in [0.2, 0.25) is 0 Å². The predicted molar refractivity (Wildman–Crippen MR) is 60.4 cm³/mol. The van der Waals surface area contributed by atoms with Gasteiger partial charge in [-0.15, -0.1) is 0 Å². The second-order valence-corrected chi connectivity index (χ2v) is 3.11. The number of hydrogen-bond donors (Lipinski definition) is 3. The van der Waals surface area contributed by atoms with E-state index in [0.717, 1.165) is 11.3 Å². The van der Waals surface area contributed by atoms with Gasteiger partial charge >= 0.3 is 0 Å². The minimum absolute atomic E-state index is 0.0352. The Balaban J connectivity index is 2.78. The number of methoxy groups -OCH3 is 1. The quantitative estimate of drug-likeness (QED) is 0.293. The average molecular weight is 208 g/mol. The molecule has 0 saturated carbocycles. The summed E-state index contributed by atoms with van der Waals surface area (Å²) in [5, 5.41) is 0. The summed E-state index contributed by atoms with van der Waals surface area (Å²) in [5.41, 5.74) is 8.80. The first-order valence-electron chi connectivity index (χ1n) is 4.61. The lowest BCUT2D eigenvalue weighted by Crippen LogP contribution is -2.37. The van der Waals surface area contributed by atoms with E-state index in [2.05, 4.69) is 10.4 Å².